The van der Waals surface area contributed by atoms with Crippen LogP contribution < -0.4 is 19.1 Å². The average Bonchev–Trinajstić information content (AvgIpc) is 3.40. The number of phenolic OH excluding ortho intramolecular Hbond substituents is 1. The number of Topliss-reactive ketones (excluding diaryl/α,β-unsaturated/α-hetero) is 1. The first-order chi connectivity index (χ1) is 16.8. The minimum absolute atomic E-state index is 0.118. The number of hydrogen-bond acceptors (Lipinski definition) is 10. The lowest BCUT2D eigenvalue weighted by molar-refractivity contribution is -0.132. The van der Waals surface area contributed by atoms with Crippen LogP contribution in [0.15, 0.2) is 40.4 Å². The van der Waals surface area contributed by atoms with Crippen molar-refractivity contribution in [2.45, 2.75) is 13.0 Å². The lowest BCUT2D eigenvalue weighted by atomic mass is 9.95. The van der Waals surface area contributed by atoms with E-state index in [1.54, 1.807) is 31.2 Å². The van der Waals surface area contributed by atoms with Gasteiger partial charge in [0.25, 0.3) is 5.78 Å². The Balaban J connectivity index is 1.73. The number of aromatic hydroxyl groups is 1. The summed E-state index contributed by atoms with van der Waals surface area (Å²) >= 11 is 4.42. The Morgan fingerprint density at radius 1 is 1.17 bits per heavy atom. The number of rotatable bonds is 4. The van der Waals surface area contributed by atoms with Crippen molar-refractivity contribution >= 4 is 49.8 Å². The molecule has 2 aromatic carbocycles. The number of benzene rings is 2. The number of aryl methyl sites for hydroxylation is 1. The molecule has 1 amide bonds. The molecule has 10 nitrogen and oxygen atoms in total. The van der Waals surface area contributed by atoms with Gasteiger partial charge in [0, 0.05) is 5.56 Å². The zero-order valence-electron chi connectivity index (χ0n) is 18.4. The molecule has 1 unspecified atom stereocenters. The quantitative estimate of drug-likeness (QED) is 0.279. The molecular formula is C23H18BrN3O7S. The maximum atomic E-state index is 13.3. The molecule has 3 aromatic rings. The van der Waals surface area contributed by atoms with Crippen LogP contribution in [-0.2, 0) is 9.59 Å². The number of ketones is 1. The summed E-state index contributed by atoms with van der Waals surface area (Å²) in [5, 5.41) is 30.4. The van der Waals surface area contributed by atoms with E-state index in [0.29, 0.717) is 35.3 Å². The number of nitrogens with zero attached hydrogens (tertiary/aromatic N) is 3. The number of aliphatic hydroxyl groups excluding tert-OH is 1. The summed E-state index contributed by atoms with van der Waals surface area (Å²) in [6.45, 7) is 2.48. The molecule has 1 atom stereocenters. The average molecular weight is 560 g/mol. The summed E-state index contributed by atoms with van der Waals surface area (Å²) in [4.78, 5) is 27.7. The molecule has 0 radical (unpaired) electrons. The van der Waals surface area contributed by atoms with Gasteiger partial charge in [-0.05, 0) is 58.7 Å². The third-order valence-electron chi connectivity index (χ3n) is 5.57. The fourth-order valence-electron chi connectivity index (χ4n) is 3.98. The van der Waals surface area contributed by atoms with E-state index in [0.717, 1.165) is 11.3 Å². The molecule has 2 aliphatic rings. The van der Waals surface area contributed by atoms with E-state index >= 15 is 0 Å². The molecule has 0 saturated carbocycles. The second-order valence-corrected chi connectivity index (χ2v) is 9.70. The Morgan fingerprint density at radius 2 is 1.91 bits per heavy atom. The number of carbonyl (C=O) groups is 2. The summed E-state index contributed by atoms with van der Waals surface area (Å²) in [5.41, 5.74) is 0.521. The largest absolute Gasteiger partial charge is 0.507 e. The number of halogens is 1. The highest BCUT2D eigenvalue weighted by Crippen LogP contribution is 2.47. The van der Waals surface area contributed by atoms with Crippen LogP contribution in [0.2, 0.25) is 0 Å². The first-order valence-corrected chi connectivity index (χ1v) is 12.0. The lowest BCUT2D eigenvalue weighted by Gasteiger charge is -2.24. The number of amides is 1. The van der Waals surface area contributed by atoms with Gasteiger partial charge in [0.05, 0.1) is 23.2 Å². The maximum absolute atomic E-state index is 13.3. The van der Waals surface area contributed by atoms with Crippen LogP contribution in [0.5, 0.6) is 23.0 Å². The standard InChI is InChI=1S/C23H18BrN3O7S/c1-10-25-26-23(35-10)27-18(12-7-13(24)20(29)16(9-12)32-2)17(21(30)22(27)31)19(28)11-3-4-14-15(8-11)34-6-5-33-14/h3-4,7-9,18,28-29H,5-6H2,1-2H3/b19-17-. The van der Waals surface area contributed by atoms with E-state index in [4.69, 9.17) is 14.2 Å². The molecule has 1 saturated heterocycles. The summed E-state index contributed by atoms with van der Waals surface area (Å²) in [7, 11) is 1.38. The molecule has 2 N–H and O–H groups in total. The van der Waals surface area contributed by atoms with Crippen molar-refractivity contribution in [3.63, 3.8) is 0 Å². The smallest absolute Gasteiger partial charge is 0.301 e. The Bertz CT molecular complexity index is 1400. The van der Waals surface area contributed by atoms with E-state index < -0.39 is 23.5 Å². The number of aliphatic hydroxyl groups is 1. The van der Waals surface area contributed by atoms with E-state index in [1.165, 1.54) is 18.1 Å². The summed E-state index contributed by atoms with van der Waals surface area (Å²) < 4.78 is 16.7. The number of aromatic nitrogens is 2. The SMILES string of the molecule is COc1cc(C2/C(=C(/O)c3ccc4c(c3)OCCO4)C(=O)C(=O)N2c2nnc(C)s2)cc(Br)c1O. The minimum Gasteiger partial charge on any atom is -0.507 e. The van der Waals surface area contributed by atoms with Crippen LogP contribution in [0, 0.1) is 6.92 Å². The first-order valence-electron chi connectivity index (χ1n) is 10.4. The summed E-state index contributed by atoms with van der Waals surface area (Å²) in [5.74, 6) is -1.25. The molecule has 35 heavy (non-hydrogen) atoms. The number of phenols is 1. The molecule has 3 heterocycles. The number of hydrogen-bond donors (Lipinski definition) is 2. The molecule has 5 rings (SSSR count). The Hall–Kier alpha value is -3.64. The highest BCUT2D eigenvalue weighted by atomic mass is 79.9. The number of carbonyl (C=O) groups excluding carboxylic acids is 2. The summed E-state index contributed by atoms with van der Waals surface area (Å²) in [6, 6.07) is 6.73. The van der Waals surface area contributed by atoms with Gasteiger partial charge >= 0.3 is 5.91 Å². The molecule has 12 heteroatoms. The van der Waals surface area contributed by atoms with Crippen LogP contribution in [-0.4, -0.2) is 52.4 Å². The molecule has 2 aliphatic heterocycles. The van der Waals surface area contributed by atoms with Gasteiger partial charge in [-0.3, -0.25) is 14.5 Å². The monoisotopic (exact) mass is 559 g/mol. The molecule has 1 aromatic heterocycles. The van der Waals surface area contributed by atoms with Crippen LogP contribution in [0.25, 0.3) is 5.76 Å². The van der Waals surface area contributed by atoms with Crippen molar-refractivity contribution in [2.24, 2.45) is 0 Å². The second kappa shape index (κ2) is 8.86. The van der Waals surface area contributed by atoms with Crippen molar-refractivity contribution in [3.8, 4) is 23.0 Å². The first kappa shape index (κ1) is 23.1. The molecule has 0 bridgehead atoms. The molecule has 0 spiro atoms. The molecular weight excluding hydrogens is 542 g/mol. The van der Waals surface area contributed by atoms with Gasteiger partial charge < -0.3 is 24.4 Å². The second-order valence-electron chi connectivity index (χ2n) is 7.68. The molecule has 180 valence electrons. The minimum atomic E-state index is -1.07. The van der Waals surface area contributed by atoms with Gasteiger partial charge in [-0.1, -0.05) is 11.3 Å². The number of fused-ring (bicyclic) bond motifs is 1. The highest BCUT2D eigenvalue weighted by Gasteiger charge is 2.48. The third-order valence-corrected chi connectivity index (χ3v) is 7.01. The third kappa shape index (κ3) is 3.88. The fraction of sp³-hybridized carbons (Fsp3) is 0.217. The zero-order valence-corrected chi connectivity index (χ0v) is 20.8. The van der Waals surface area contributed by atoms with Gasteiger partial charge in [-0.15, -0.1) is 10.2 Å². The van der Waals surface area contributed by atoms with Crippen molar-refractivity contribution in [2.75, 3.05) is 25.2 Å². The van der Waals surface area contributed by atoms with Crippen molar-refractivity contribution in [1.82, 2.24) is 10.2 Å². The van der Waals surface area contributed by atoms with Crippen molar-refractivity contribution in [3.05, 3.63) is 56.5 Å². The summed E-state index contributed by atoms with van der Waals surface area (Å²) in [6.07, 6.45) is 0. The number of methoxy groups -OCH3 is 1. The van der Waals surface area contributed by atoms with Gasteiger partial charge in [0.2, 0.25) is 5.13 Å². The predicted molar refractivity (Wildman–Crippen MR) is 129 cm³/mol. The van der Waals surface area contributed by atoms with Crippen LogP contribution in [0.3, 0.4) is 0 Å². The van der Waals surface area contributed by atoms with E-state index in [9.17, 15) is 19.8 Å². The van der Waals surface area contributed by atoms with Crippen LogP contribution >= 0.6 is 27.3 Å². The lowest BCUT2D eigenvalue weighted by Crippen LogP contribution is -2.29. The van der Waals surface area contributed by atoms with Crippen molar-refractivity contribution in [1.29, 1.82) is 0 Å². The number of ether oxygens (including phenoxy) is 3. The topological polar surface area (TPSA) is 131 Å². The predicted octanol–water partition coefficient (Wildman–Crippen LogP) is 3.72. The zero-order chi connectivity index (χ0) is 24.9. The van der Waals surface area contributed by atoms with Gasteiger partial charge in [0.15, 0.2) is 23.0 Å². The van der Waals surface area contributed by atoms with Crippen LogP contribution in [0.1, 0.15) is 22.2 Å². The normalized spacial score (nSPS) is 18.7. The van der Waals surface area contributed by atoms with Gasteiger partial charge in [-0.2, -0.15) is 0 Å². The van der Waals surface area contributed by atoms with E-state index in [1.807, 2.05) is 0 Å². The maximum Gasteiger partial charge on any atom is 0.301 e. The Kier molecular flexibility index (Phi) is 5.85. The van der Waals surface area contributed by atoms with Crippen molar-refractivity contribution < 1.29 is 34.0 Å². The van der Waals surface area contributed by atoms with E-state index in [-0.39, 0.29) is 32.2 Å². The molecule has 1 fully saturated rings. The Morgan fingerprint density at radius 3 is 2.60 bits per heavy atom. The Labute approximate surface area is 211 Å². The molecule has 0 aliphatic carbocycles. The highest BCUT2D eigenvalue weighted by molar-refractivity contribution is 9.10. The number of anilines is 1. The fourth-order valence-corrected chi connectivity index (χ4v) is 5.16. The van der Waals surface area contributed by atoms with Gasteiger partial charge in [-0.25, -0.2) is 0 Å². The van der Waals surface area contributed by atoms with Crippen LogP contribution in [0.4, 0.5) is 5.13 Å². The van der Waals surface area contributed by atoms with Gasteiger partial charge in [0.1, 0.15) is 24.0 Å². The van der Waals surface area contributed by atoms with E-state index in [2.05, 4.69) is 26.1 Å².